The standard InChI is InChI=1S/C25H20N4O2/c1-31-25(30)18-10-11-20-19(14-18)21(12-13-26-20)27-15-16-6-8-17(9-7-16)24-28-22-4-2-3-5-23(22)29-24/h2-14H,15H2,1H3,(H,26,27)(H,28,29). The molecule has 6 heteroatoms. The number of benzene rings is 3. The second-order valence-corrected chi connectivity index (χ2v) is 7.24. The number of nitrogens with zero attached hydrogens (tertiary/aromatic N) is 2. The van der Waals surface area contributed by atoms with Gasteiger partial charge in [-0.2, -0.15) is 0 Å². The molecular weight excluding hydrogens is 388 g/mol. The molecule has 2 heterocycles. The first kappa shape index (κ1) is 18.8. The van der Waals surface area contributed by atoms with Gasteiger partial charge in [-0.3, -0.25) is 4.98 Å². The molecule has 0 saturated heterocycles. The van der Waals surface area contributed by atoms with Crippen LogP contribution in [-0.2, 0) is 11.3 Å². The third-order valence-corrected chi connectivity index (χ3v) is 5.26. The van der Waals surface area contributed by atoms with E-state index in [4.69, 9.17) is 4.74 Å². The molecule has 0 atom stereocenters. The number of hydrogen-bond donors (Lipinski definition) is 2. The van der Waals surface area contributed by atoms with E-state index in [9.17, 15) is 4.79 Å². The number of imidazole rings is 1. The predicted octanol–water partition coefficient (Wildman–Crippen LogP) is 5.18. The Kier molecular flexibility index (Phi) is 4.80. The molecule has 0 spiro atoms. The molecular formula is C25H20N4O2. The third kappa shape index (κ3) is 3.71. The number of ether oxygens (including phenoxy) is 1. The van der Waals surface area contributed by atoms with Crippen molar-refractivity contribution in [1.82, 2.24) is 15.0 Å². The van der Waals surface area contributed by atoms with Gasteiger partial charge in [0.25, 0.3) is 0 Å². The first-order valence-electron chi connectivity index (χ1n) is 9.96. The Bertz CT molecular complexity index is 1360. The highest BCUT2D eigenvalue weighted by molar-refractivity contribution is 5.98. The summed E-state index contributed by atoms with van der Waals surface area (Å²) in [4.78, 5) is 24.3. The Morgan fingerprint density at radius 2 is 1.84 bits per heavy atom. The van der Waals surface area contributed by atoms with Crippen molar-refractivity contribution in [3.63, 3.8) is 0 Å². The van der Waals surface area contributed by atoms with Crippen molar-refractivity contribution in [1.29, 1.82) is 0 Å². The summed E-state index contributed by atoms with van der Waals surface area (Å²) in [6.45, 7) is 0.641. The zero-order chi connectivity index (χ0) is 21.2. The van der Waals surface area contributed by atoms with Crippen molar-refractivity contribution in [2.24, 2.45) is 0 Å². The van der Waals surface area contributed by atoms with Gasteiger partial charge in [0.2, 0.25) is 0 Å². The van der Waals surface area contributed by atoms with E-state index < -0.39 is 0 Å². The van der Waals surface area contributed by atoms with Gasteiger partial charge in [-0.25, -0.2) is 9.78 Å². The lowest BCUT2D eigenvalue weighted by atomic mass is 10.1. The molecule has 0 aliphatic rings. The minimum absolute atomic E-state index is 0.363. The number of nitrogens with one attached hydrogen (secondary N) is 2. The third-order valence-electron chi connectivity index (χ3n) is 5.26. The van der Waals surface area contributed by atoms with Gasteiger partial charge in [0.1, 0.15) is 5.82 Å². The van der Waals surface area contributed by atoms with Crippen LogP contribution in [0.2, 0.25) is 0 Å². The number of anilines is 1. The van der Waals surface area contributed by atoms with Gasteiger partial charge in [0, 0.05) is 29.4 Å². The Morgan fingerprint density at radius 1 is 1.00 bits per heavy atom. The average Bonchev–Trinajstić information content (AvgIpc) is 3.26. The van der Waals surface area contributed by atoms with Crippen LogP contribution in [-0.4, -0.2) is 28.0 Å². The van der Waals surface area contributed by atoms with Gasteiger partial charge in [-0.15, -0.1) is 0 Å². The fourth-order valence-electron chi connectivity index (χ4n) is 3.61. The van der Waals surface area contributed by atoms with E-state index in [1.54, 1.807) is 18.3 Å². The molecule has 3 aromatic carbocycles. The number of fused-ring (bicyclic) bond motifs is 2. The summed E-state index contributed by atoms with van der Waals surface area (Å²) in [5.74, 6) is 0.494. The Balaban J connectivity index is 1.36. The number of hydrogen-bond acceptors (Lipinski definition) is 5. The quantitative estimate of drug-likeness (QED) is 0.392. The van der Waals surface area contributed by atoms with Crippen LogP contribution in [0.4, 0.5) is 5.69 Å². The molecule has 0 amide bonds. The number of para-hydroxylation sites is 2. The molecule has 0 fully saturated rings. The van der Waals surface area contributed by atoms with Gasteiger partial charge in [0.05, 0.1) is 29.2 Å². The molecule has 0 unspecified atom stereocenters. The fraction of sp³-hybridized carbons (Fsp3) is 0.0800. The summed E-state index contributed by atoms with van der Waals surface area (Å²) in [5.41, 5.74) is 6.39. The number of H-pyrrole nitrogens is 1. The highest BCUT2D eigenvalue weighted by Crippen LogP contribution is 2.25. The maximum Gasteiger partial charge on any atom is 0.337 e. The molecule has 0 saturated carbocycles. The highest BCUT2D eigenvalue weighted by atomic mass is 16.5. The molecule has 0 bridgehead atoms. The summed E-state index contributed by atoms with van der Waals surface area (Å²) < 4.78 is 4.83. The van der Waals surface area contributed by atoms with E-state index in [1.807, 2.05) is 36.4 Å². The Labute approximate surface area is 178 Å². The number of aromatic nitrogens is 3. The molecule has 0 aliphatic heterocycles. The lowest BCUT2D eigenvalue weighted by Crippen LogP contribution is -2.03. The van der Waals surface area contributed by atoms with E-state index in [1.165, 1.54) is 7.11 Å². The average molecular weight is 408 g/mol. The van der Waals surface area contributed by atoms with Crippen LogP contribution in [0, 0.1) is 0 Å². The Morgan fingerprint density at radius 3 is 2.65 bits per heavy atom. The molecule has 2 N–H and O–H groups in total. The van der Waals surface area contributed by atoms with Crippen LogP contribution in [0.5, 0.6) is 0 Å². The number of aromatic amines is 1. The summed E-state index contributed by atoms with van der Waals surface area (Å²) >= 11 is 0. The largest absolute Gasteiger partial charge is 0.465 e. The van der Waals surface area contributed by atoms with E-state index in [-0.39, 0.29) is 5.97 Å². The van der Waals surface area contributed by atoms with E-state index in [2.05, 4.69) is 44.5 Å². The zero-order valence-corrected chi connectivity index (χ0v) is 16.9. The highest BCUT2D eigenvalue weighted by Gasteiger charge is 2.09. The topological polar surface area (TPSA) is 79.9 Å². The summed E-state index contributed by atoms with van der Waals surface area (Å²) in [7, 11) is 1.38. The lowest BCUT2D eigenvalue weighted by Gasteiger charge is -2.11. The van der Waals surface area contributed by atoms with Crippen LogP contribution in [0.3, 0.4) is 0 Å². The predicted molar refractivity (Wildman–Crippen MR) is 122 cm³/mol. The monoisotopic (exact) mass is 408 g/mol. The van der Waals surface area contributed by atoms with Crippen LogP contribution >= 0.6 is 0 Å². The fourth-order valence-corrected chi connectivity index (χ4v) is 3.61. The number of carbonyl (C=O) groups excluding carboxylic acids is 1. The first-order chi connectivity index (χ1) is 15.2. The van der Waals surface area contributed by atoms with Crippen LogP contribution in [0.1, 0.15) is 15.9 Å². The lowest BCUT2D eigenvalue weighted by molar-refractivity contribution is 0.0601. The van der Waals surface area contributed by atoms with Crippen molar-refractivity contribution in [3.05, 3.63) is 90.1 Å². The number of rotatable bonds is 5. The van der Waals surface area contributed by atoms with Crippen molar-refractivity contribution < 1.29 is 9.53 Å². The van der Waals surface area contributed by atoms with Gasteiger partial charge in [0.15, 0.2) is 0 Å². The molecule has 152 valence electrons. The van der Waals surface area contributed by atoms with Gasteiger partial charge in [-0.1, -0.05) is 36.4 Å². The molecule has 6 nitrogen and oxygen atoms in total. The van der Waals surface area contributed by atoms with Gasteiger partial charge >= 0.3 is 5.97 Å². The zero-order valence-electron chi connectivity index (χ0n) is 16.9. The van der Waals surface area contributed by atoms with Crippen molar-refractivity contribution in [2.45, 2.75) is 6.54 Å². The SMILES string of the molecule is COC(=O)c1ccc2nccc(NCc3ccc(-c4nc5ccccc5[nH]4)cc3)c2c1. The van der Waals surface area contributed by atoms with E-state index in [0.29, 0.717) is 12.1 Å². The first-order valence-corrected chi connectivity index (χ1v) is 9.96. The summed E-state index contributed by atoms with van der Waals surface area (Å²) in [6, 6.07) is 23.6. The number of carbonyl (C=O) groups is 1. The van der Waals surface area contributed by atoms with Crippen LogP contribution in [0.25, 0.3) is 33.3 Å². The molecule has 0 radical (unpaired) electrons. The number of pyridine rings is 1. The summed E-state index contributed by atoms with van der Waals surface area (Å²) in [6.07, 6.45) is 1.76. The normalized spacial score (nSPS) is 11.0. The smallest absolute Gasteiger partial charge is 0.337 e. The second kappa shape index (κ2) is 7.91. The van der Waals surface area contributed by atoms with Crippen LogP contribution in [0.15, 0.2) is 79.0 Å². The van der Waals surface area contributed by atoms with Gasteiger partial charge < -0.3 is 15.0 Å². The molecule has 5 rings (SSSR count). The van der Waals surface area contributed by atoms with Crippen molar-refractivity contribution >= 4 is 33.6 Å². The minimum Gasteiger partial charge on any atom is -0.465 e. The maximum atomic E-state index is 11.9. The van der Waals surface area contributed by atoms with E-state index in [0.717, 1.165) is 44.6 Å². The van der Waals surface area contributed by atoms with Gasteiger partial charge in [-0.05, 0) is 42.0 Å². The van der Waals surface area contributed by atoms with Crippen molar-refractivity contribution in [2.75, 3.05) is 12.4 Å². The van der Waals surface area contributed by atoms with E-state index >= 15 is 0 Å². The maximum absolute atomic E-state index is 11.9. The minimum atomic E-state index is -0.363. The van der Waals surface area contributed by atoms with Crippen LogP contribution < -0.4 is 5.32 Å². The number of esters is 1. The molecule has 5 aromatic rings. The molecule has 0 aliphatic carbocycles. The summed E-state index contributed by atoms with van der Waals surface area (Å²) in [5, 5.41) is 4.33. The second-order valence-electron chi connectivity index (χ2n) is 7.24. The number of methoxy groups -OCH3 is 1. The molecule has 31 heavy (non-hydrogen) atoms. The Hall–Kier alpha value is -4.19. The van der Waals surface area contributed by atoms with Crippen molar-refractivity contribution in [3.8, 4) is 11.4 Å². The molecule has 2 aromatic heterocycles.